The van der Waals surface area contributed by atoms with Crippen LogP contribution in [0, 0.1) is 5.82 Å². The summed E-state index contributed by atoms with van der Waals surface area (Å²) in [5, 5.41) is 2.03. The quantitative estimate of drug-likeness (QED) is 0.302. The predicted molar refractivity (Wildman–Crippen MR) is 140 cm³/mol. The van der Waals surface area contributed by atoms with E-state index in [1.165, 1.54) is 37.3 Å². The van der Waals surface area contributed by atoms with Crippen LogP contribution in [0.5, 0.6) is 11.5 Å². The molecule has 2 aromatic rings. The Labute approximate surface area is 225 Å². The van der Waals surface area contributed by atoms with E-state index in [-0.39, 0.29) is 23.9 Å². The van der Waals surface area contributed by atoms with Crippen molar-refractivity contribution in [3.05, 3.63) is 57.2 Å². The molecule has 0 aromatic heterocycles. The van der Waals surface area contributed by atoms with Gasteiger partial charge in [-0.05, 0) is 96.5 Å². The van der Waals surface area contributed by atoms with Crippen molar-refractivity contribution in [1.82, 2.24) is 4.90 Å². The third-order valence-electron chi connectivity index (χ3n) is 4.94. The molecule has 196 valence electrons. The van der Waals surface area contributed by atoms with Crippen LogP contribution in [0.2, 0.25) is 0 Å². The lowest BCUT2D eigenvalue weighted by Crippen LogP contribution is -2.42. The summed E-state index contributed by atoms with van der Waals surface area (Å²) in [6, 6.07) is 7.50. The standard InChI is InChI=1S/C25H24BrFN2O7S/c1-4-34-19-11-15(12-20-23(31)29(25(33)37-20)14(3)24(32)35-5-2)10-18(26)22(19)36-13-21(30)28-17-8-6-16(27)7-9-17/h6-12,14H,4-5,13H2,1-3H3,(H,28,30)/b20-12+/t14-/m1/s1. The second kappa shape index (κ2) is 12.7. The topological polar surface area (TPSA) is 111 Å². The van der Waals surface area contributed by atoms with E-state index in [0.29, 0.717) is 39.8 Å². The van der Waals surface area contributed by atoms with Crippen molar-refractivity contribution in [2.24, 2.45) is 0 Å². The number of benzene rings is 2. The first-order chi connectivity index (χ1) is 17.6. The van der Waals surface area contributed by atoms with Crippen molar-refractivity contribution in [2.75, 3.05) is 25.1 Å². The van der Waals surface area contributed by atoms with Gasteiger partial charge in [0, 0.05) is 5.69 Å². The van der Waals surface area contributed by atoms with Gasteiger partial charge >= 0.3 is 5.97 Å². The summed E-state index contributed by atoms with van der Waals surface area (Å²) in [5.74, 6) is -1.60. The molecule has 1 aliphatic heterocycles. The maximum atomic E-state index is 13.1. The summed E-state index contributed by atoms with van der Waals surface area (Å²) in [7, 11) is 0. The van der Waals surface area contributed by atoms with E-state index < -0.39 is 34.9 Å². The molecule has 1 N–H and O–H groups in total. The highest BCUT2D eigenvalue weighted by molar-refractivity contribution is 9.10. The fourth-order valence-corrected chi connectivity index (χ4v) is 4.76. The fraction of sp³-hybridized carbons (Fsp3) is 0.280. The van der Waals surface area contributed by atoms with Gasteiger partial charge in [0.1, 0.15) is 11.9 Å². The Morgan fingerprint density at radius 2 is 1.84 bits per heavy atom. The van der Waals surface area contributed by atoms with Gasteiger partial charge in [-0.15, -0.1) is 0 Å². The van der Waals surface area contributed by atoms with Crippen LogP contribution >= 0.6 is 27.7 Å². The smallest absolute Gasteiger partial charge is 0.329 e. The van der Waals surface area contributed by atoms with Crippen molar-refractivity contribution < 1.29 is 37.8 Å². The number of imide groups is 1. The number of carbonyl (C=O) groups is 4. The lowest BCUT2D eigenvalue weighted by molar-refractivity contribution is -0.150. The van der Waals surface area contributed by atoms with Crippen molar-refractivity contribution in [3.63, 3.8) is 0 Å². The number of anilines is 1. The zero-order valence-electron chi connectivity index (χ0n) is 20.2. The number of ether oxygens (including phenoxy) is 3. The van der Waals surface area contributed by atoms with Crippen molar-refractivity contribution in [2.45, 2.75) is 26.8 Å². The van der Waals surface area contributed by atoms with Gasteiger partial charge < -0.3 is 19.5 Å². The van der Waals surface area contributed by atoms with Gasteiger partial charge in [-0.3, -0.25) is 19.3 Å². The number of carbonyl (C=O) groups excluding carboxylic acids is 4. The van der Waals surface area contributed by atoms with Crippen molar-refractivity contribution in [1.29, 1.82) is 0 Å². The van der Waals surface area contributed by atoms with Gasteiger partial charge in [-0.1, -0.05) is 0 Å². The molecule has 1 atom stereocenters. The molecule has 0 aliphatic carbocycles. The molecule has 0 saturated carbocycles. The Balaban J connectivity index is 1.77. The monoisotopic (exact) mass is 594 g/mol. The Hall–Kier alpha value is -3.38. The molecule has 0 radical (unpaired) electrons. The van der Waals surface area contributed by atoms with E-state index >= 15 is 0 Å². The minimum atomic E-state index is -1.05. The molecule has 12 heteroatoms. The lowest BCUT2D eigenvalue weighted by atomic mass is 10.1. The molecule has 2 aromatic carbocycles. The first-order valence-corrected chi connectivity index (χ1v) is 12.8. The van der Waals surface area contributed by atoms with Gasteiger partial charge in [0.2, 0.25) is 0 Å². The maximum Gasteiger partial charge on any atom is 0.329 e. The number of hydrogen-bond acceptors (Lipinski definition) is 8. The highest BCUT2D eigenvalue weighted by Crippen LogP contribution is 2.39. The Bertz CT molecular complexity index is 1240. The summed E-state index contributed by atoms with van der Waals surface area (Å²) in [4.78, 5) is 50.6. The number of esters is 1. The van der Waals surface area contributed by atoms with Crippen molar-refractivity contribution >= 4 is 62.5 Å². The molecule has 1 saturated heterocycles. The van der Waals surface area contributed by atoms with E-state index in [1.54, 1.807) is 26.0 Å². The molecule has 0 spiro atoms. The molecule has 37 heavy (non-hydrogen) atoms. The minimum Gasteiger partial charge on any atom is -0.490 e. The number of nitrogens with one attached hydrogen (secondary N) is 1. The van der Waals surface area contributed by atoms with Crippen LogP contribution in [-0.4, -0.2) is 53.8 Å². The number of amides is 3. The number of thioether (sulfide) groups is 1. The molecular weight excluding hydrogens is 571 g/mol. The fourth-order valence-electron chi connectivity index (χ4n) is 3.28. The number of halogens is 2. The maximum absolute atomic E-state index is 13.1. The molecule has 1 aliphatic rings. The third kappa shape index (κ3) is 7.10. The van der Waals surface area contributed by atoms with Crippen LogP contribution in [0.3, 0.4) is 0 Å². The molecule has 1 fully saturated rings. The lowest BCUT2D eigenvalue weighted by Gasteiger charge is -2.19. The molecule has 9 nitrogen and oxygen atoms in total. The second-order valence-corrected chi connectivity index (χ2v) is 9.43. The van der Waals surface area contributed by atoms with Gasteiger partial charge in [-0.25, -0.2) is 9.18 Å². The zero-order chi connectivity index (χ0) is 27.1. The first-order valence-electron chi connectivity index (χ1n) is 11.2. The number of hydrogen-bond donors (Lipinski definition) is 1. The Kier molecular flexibility index (Phi) is 9.70. The molecular formula is C25H24BrFN2O7S. The van der Waals surface area contributed by atoms with Crippen LogP contribution in [0.4, 0.5) is 14.9 Å². The average Bonchev–Trinajstić information content (AvgIpc) is 3.12. The third-order valence-corrected chi connectivity index (χ3v) is 6.42. The summed E-state index contributed by atoms with van der Waals surface area (Å²) in [5.41, 5.74) is 0.938. The number of rotatable bonds is 10. The summed E-state index contributed by atoms with van der Waals surface area (Å²) < 4.78 is 29.8. The molecule has 3 rings (SSSR count). The van der Waals surface area contributed by atoms with Crippen LogP contribution in [0.15, 0.2) is 45.8 Å². The molecule has 1 heterocycles. The largest absolute Gasteiger partial charge is 0.490 e. The van der Waals surface area contributed by atoms with E-state index in [9.17, 15) is 23.6 Å². The summed E-state index contributed by atoms with van der Waals surface area (Å²) >= 11 is 4.12. The van der Waals surface area contributed by atoms with Gasteiger partial charge in [0.25, 0.3) is 17.1 Å². The zero-order valence-corrected chi connectivity index (χ0v) is 22.6. The van der Waals surface area contributed by atoms with Crippen LogP contribution < -0.4 is 14.8 Å². The average molecular weight is 595 g/mol. The summed E-state index contributed by atoms with van der Waals surface area (Å²) in [6.45, 7) is 4.91. The highest BCUT2D eigenvalue weighted by Gasteiger charge is 2.41. The van der Waals surface area contributed by atoms with Crippen LogP contribution in [0.1, 0.15) is 26.3 Å². The van der Waals surface area contributed by atoms with E-state index in [4.69, 9.17) is 14.2 Å². The minimum absolute atomic E-state index is 0.128. The van der Waals surface area contributed by atoms with Crippen molar-refractivity contribution in [3.8, 4) is 11.5 Å². The second-order valence-electron chi connectivity index (χ2n) is 7.59. The van der Waals surface area contributed by atoms with Crippen LogP contribution in [-0.2, 0) is 19.1 Å². The van der Waals surface area contributed by atoms with Gasteiger partial charge in [-0.2, -0.15) is 0 Å². The highest BCUT2D eigenvalue weighted by atomic mass is 79.9. The number of nitrogens with zero attached hydrogens (tertiary/aromatic N) is 1. The SMILES string of the molecule is CCOC(=O)[C@@H](C)N1C(=O)S/C(=C/c2cc(Br)c(OCC(=O)Nc3ccc(F)cc3)c(OCC)c2)C1=O. The molecule has 3 amide bonds. The normalized spacial score (nSPS) is 15.1. The summed E-state index contributed by atoms with van der Waals surface area (Å²) in [6.07, 6.45) is 1.50. The Morgan fingerprint density at radius 1 is 1.14 bits per heavy atom. The molecule has 0 bridgehead atoms. The van der Waals surface area contributed by atoms with Gasteiger partial charge in [0.15, 0.2) is 18.1 Å². The van der Waals surface area contributed by atoms with E-state index in [1.807, 2.05) is 0 Å². The Morgan fingerprint density at radius 3 is 2.49 bits per heavy atom. The molecule has 0 unspecified atom stereocenters. The van der Waals surface area contributed by atoms with E-state index in [0.717, 1.165) is 4.90 Å². The van der Waals surface area contributed by atoms with Crippen LogP contribution in [0.25, 0.3) is 6.08 Å². The van der Waals surface area contributed by atoms with Gasteiger partial charge in [0.05, 0.1) is 22.6 Å². The van der Waals surface area contributed by atoms with E-state index in [2.05, 4.69) is 21.2 Å². The first kappa shape index (κ1) is 28.2. The predicted octanol–water partition coefficient (Wildman–Crippen LogP) is 4.99.